The molecule has 2 heterocycles. The summed E-state index contributed by atoms with van der Waals surface area (Å²) >= 11 is 6.00. The van der Waals surface area contributed by atoms with Gasteiger partial charge in [-0.05, 0) is 63.9 Å². The van der Waals surface area contributed by atoms with E-state index in [9.17, 15) is 18.3 Å². The molecule has 1 aromatic carbocycles. The van der Waals surface area contributed by atoms with Crippen molar-refractivity contribution in [1.29, 1.82) is 0 Å². The maximum Gasteiger partial charge on any atom is 0.490 e. The van der Waals surface area contributed by atoms with E-state index in [0.29, 0.717) is 18.7 Å². The number of carboxylic acid groups (broad SMARTS) is 1. The van der Waals surface area contributed by atoms with Gasteiger partial charge in [0.25, 0.3) is 0 Å². The summed E-state index contributed by atoms with van der Waals surface area (Å²) in [5, 5.41) is 21.7. The molecule has 2 atom stereocenters. The zero-order valence-electron chi connectivity index (χ0n) is 17.7. The highest BCUT2D eigenvalue weighted by Gasteiger charge is 2.40. The van der Waals surface area contributed by atoms with Crippen LogP contribution in [0.1, 0.15) is 32.3 Å². The van der Waals surface area contributed by atoms with Crippen molar-refractivity contribution < 1.29 is 32.9 Å². The first-order valence-corrected chi connectivity index (χ1v) is 10.6. The Morgan fingerprint density at radius 2 is 1.77 bits per heavy atom. The van der Waals surface area contributed by atoms with E-state index in [1.165, 1.54) is 5.56 Å². The SMILES string of the molecule is CC(C)(O)[C@H]1CN(C2CCNCC2)[C@@H](Cc2ccc(Cl)cc2)CO1.O=C(O)C(F)(F)F. The highest BCUT2D eigenvalue weighted by atomic mass is 35.5. The Bertz CT molecular complexity index is 704. The topological polar surface area (TPSA) is 82.0 Å². The van der Waals surface area contributed by atoms with Crippen molar-refractivity contribution in [1.82, 2.24) is 10.2 Å². The lowest BCUT2D eigenvalue weighted by atomic mass is 9.93. The van der Waals surface area contributed by atoms with Crippen molar-refractivity contribution in [2.24, 2.45) is 0 Å². The van der Waals surface area contributed by atoms with Crippen LogP contribution in [-0.2, 0) is 16.0 Å². The van der Waals surface area contributed by atoms with E-state index < -0.39 is 17.7 Å². The Morgan fingerprint density at radius 3 is 2.26 bits per heavy atom. The third-order valence-corrected chi connectivity index (χ3v) is 5.78. The van der Waals surface area contributed by atoms with Crippen molar-refractivity contribution in [2.45, 2.75) is 63.1 Å². The highest BCUT2D eigenvalue weighted by molar-refractivity contribution is 6.30. The molecule has 1 aromatic rings. The number of morpholine rings is 1. The normalized spacial score (nSPS) is 23.7. The number of carboxylic acids is 1. The minimum atomic E-state index is -5.08. The lowest BCUT2D eigenvalue weighted by Crippen LogP contribution is -2.60. The van der Waals surface area contributed by atoms with Crippen molar-refractivity contribution in [3.63, 3.8) is 0 Å². The number of hydrogen-bond acceptors (Lipinski definition) is 5. The third-order valence-electron chi connectivity index (χ3n) is 5.53. The molecule has 31 heavy (non-hydrogen) atoms. The number of alkyl halides is 3. The number of nitrogens with zero attached hydrogens (tertiary/aromatic N) is 1. The summed E-state index contributed by atoms with van der Waals surface area (Å²) in [5.74, 6) is -2.76. The Kier molecular flexibility index (Phi) is 9.14. The first kappa shape index (κ1) is 25.9. The van der Waals surface area contributed by atoms with Crippen LogP contribution in [-0.4, -0.2) is 77.3 Å². The molecule has 0 radical (unpaired) electrons. The van der Waals surface area contributed by atoms with Crippen LogP contribution in [0, 0.1) is 0 Å². The van der Waals surface area contributed by atoms with Crippen LogP contribution < -0.4 is 5.32 Å². The molecule has 2 aliphatic heterocycles. The van der Waals surface area contributed by atoms with Gasteiger partial charge in [0.15, 0.2) is 0 Å². The first-order chi connectivity index (χ1) is 14.4. The Labute approximate surface area is 185 Å². The number of benzene rings is 1. The average molecular weight is 467 g/mol. The van der Waals surface area contributed by atoms with E-state index in [0.717, 1.165) is 43.9 Å². The van der Waals surface area contributed by atoms with Crippen LogP contribution in [0.4, 0.5) is 13.2 Å². The lowest BCUT2D eigenvalue weighted by molar-refractivity contribution is -0.192. The smallest absolute Gasteiger partial charge is 0.475 e. The van der Waals surface area contributed by atoms with Gasteiger partial charge >= 0.3 is 12.1 Å². The van der Waals surface area contributed by atoms with Crippen LogP contribution in [0.2, 0.25) is 5.02 Å². The summed E-state index contributed by atoms with van der Waals surface area (Å²) in [6.45, 7) is 7.30. The van der Waals surface area contributed by atoms with E-state index in [1.54, 1.807) is 0 Å². The van der Waals surface area contributed by atoms with Gasteiger partial charge in [0, 0.05) is 23.7 Å². The molecule has 6 nitrogen and oxygen atoms in total. The number of piperidine rings is 1. The molecule has 0 bridgehead atoms. The lowest BCUT2D eigenvalue weighted by Gasteiger charge is -2.48. The fraction of sp³-hybridized carbons (Fsp3) is 0.667. The molecule has 2 fully saturated rings. The Morgan fingerprint density at radius 1 is 1.23 bits per heavy atom. The van der Waals surface area contributed by atoms with Crippen molar-refractivity contribution in [2.75, 3.05) is 26.2 Å². The molecular formula is C21H30ClF3N2O4. The van der Waals surface area contributed by atoms with Gasteiger partial charge in [-0.15, -0.1) is 0 Å². The van der Waals surface area contributed by atoms with E-state index in [1.807, 2.05) is 26.0 Å². The fourth-order valence-electron chi connectivity index (χ4n) is 3.80. The van der Waals surface area contributed by atoms with Crippen LogP contribution in [0.3, 0.4) is 0 Å². The maximum absolute atomic E-state index is 10.6. The molecule has 0 aromatic heterocycles. The number of halogens is 4. The largest absolute Gasteiger partial charge is 0.490 e. The van der Waals surface area contributed by atoms with Crippen LogP contribution >= 0.6 is 11.6 Å². The highest BCUT2D eigenvalue weighted by Crippen LogP contribution is 2.27. The second-order valence-corrected chi connectivity index (χ2v) is 8.88. The van der Waals surface area contributed by atoms with Gasteiger partial charge in [-0.1, -0.05) is 23.7 Å². The molecule has 2 aliphatic rings. The Balaban J connectivity index is 0.000000423. The van der Waals surface area contributed by atoms with Crippen molar-refractivity contribution in [3.05, 3.63) is 34.9 Å². The van der Waals surface area contributed by atoms with Crippen LogP contribution in [0.5, 0.6) is 0 Å². The number of ether oxygens (including phenoxy) is 1. The van der Waals surface area contributed by atoms with E-state index in [-0.39, 0.29) is 6.10 Å². The van der Waals surface area contributed by atoms with Crippen molar-refractivity contribution in [3.8, 4) is 0 Å². The standard InChI is InChI=1S/C19H29ClN2O2.C2HF3O2/c1-19(2,23)18-12-22(16-7-9-21-10-8-16)17(13-24-18)11-14-3-5-15(20)6-4-14;3-2(4,5)1(6)7/h3-6,16-18,21,23H,7-13H2,1-2H3;(H,6,7)/t17-,18+;/m0./s1. The average Bonchev–Trinajstić information content (AvgIpc) is 2.69. The zero-order chi connectivity index (χ0) is 23.2. The summed E-state index contributed by atoms with van der Waals surface area (Å²) in [5.41, 5.74) is 0.477. The van der Waals surface area contributed by atoms with Gasteiger partial charge < -0.3 is 20.3 Å². The predicted octanol–water partition coefficient (Wildman–Crippen LogP) is 3.11. The minimum absolute atomic E-state index is 0.131. The summed E-state index contributed by atoms with van der Waals surface area (Å²) in [6.07, 6.45) is -1.93. The fourth-order valence-corrected chi connectivity index (χ4v) is 3.92. The van der Waals surface area contributed by atoms with Crippen LogP contribution in [0.15, 0.2) is 24.3 Å². The number of rotatable bonds is 4. The second-order valence-electron chi connectivity index (χ2n) is 8.44. The monoisotopic (exact) mass is 466 g/mol. The Hall–Kier alpha value is -1.39. The third kappa shape index (κ3) is 8.23. The summed E-state index contributed by atoms with van der Waals surface area (Å²) in [6, 6.07) is 9.03. The molecule has 0 saturated carbocycles. The van der Waals surface area contributed by atoms with Crippen molar-refractivity contribution >= 4 is 17.6 Å². The molecule has 3 rings (SSSR count). The minimum Gasteiger partial charge on any atom is -0.475 e. The van der Waals surface area contributed by atoms with Gasteiger partial charge in [-0.25, -0.2) is 4.79 Å². The van der Waals surface area contributed by atoms with E-state index in [4.69, 9.17) is 26.2 Å². The summed E-state index contributed by atoms with van der Waals surface area (Å²) in [7, 11) is 0. The zero-order valence-corrected chi connectivity index (χ0v) is 18.4. The number of hydrogen-bond donors (Lipinski definition) is 3. The number of nitrogens with one attached hydrogen (secondary N) is 1. The molecule has 2 saturated heterocycles. The predicted molar refractivity (Wildman–Crippen MR) is 111 cm³/mol. The molecule has 0 amide bonds. The molecule has 3 N–H and O–H groups in total. The van der Waals surface area contributed by atoms with Gasteiger partial charge in [-0.3, -0.25) is 4.90 Å². The number of aliphatic hydroxyl groups is 1. The van der Waals surface area contributed by atoms with Gasteiger partial charge in [0.2, 0.25) is 0 Å². The summed E-state index contributed by atoms with van der Waals surface area (Å²) in [4.78, 5) is 11.5. The molecule has 0 aliphatic carbocycles. The first-order valence-electron chi connectivity index (χ1n) is 10.2. The molecule has 10 heteroatoms. The second kappa shape index (κ2) is 11.0. The van der Waals surface area contributed by atoms with Gasteiger partial charge in [0.1, 0.15) is 0 Å². The summed E-state index contributed by atoms with van der Waals surface area (Å²) < 4.78 is 37.8. The number of aliphatic carboxylic acids is 1. The van der Waals surface area contributed by atoms with E-state index >= 15 is 0 Å². The molecule has 176 valence electrons. The van der Waals surface area contributed by atoms with Crippen LogP contribution in [0.25, 0.3) is 0 Å². The quantitative estimate of drug-likeness (QED) is 0.632. The van der Waals surface area contributed by atoms with E-state index in [2.05, 4.69) is 22.3 Å². The maximum atomic E-state index is 10.6. The van der Waals surface area contributed by atoms with Gasteiger partial charge in [-0.2, -0.15) is 13.2 Å². The molecule has 0 spiro atoms. The molecule has 0 unspecified atom stereocenters. The number of carbonyl (C=O) groups is 1. The molecular weight excluding hydrogens is 437 g/mol. The van der Waals surface area contributed by atoms with Gasteiger partial charge in [0.05, 0.1) is 18.3 Å².